The molecule has 2 atom stereocenters. The third kappa shape index (κ3) is 3.22. The number of methoxy groups -OCH3 is 1. The van der Waals surface area contributed by atoms with E-state index in [1.54, 1.807) is 14.0 Å². The van der Waals surface area contributed by atoms with Gasteiger partial charge in [-0.25, -0.2) is 0 Å². The van der Waals surface area contributed by atoms with Crippen LogP contribution in [-0.2, 0) is 6.42 Å². The van der Waals surface area contributed by atoms with E-state index in [1.807, 2.05) is 25.1 Å². The van der Waals surface area contributed by atoms with Crippen LogP contribution in [-0.4, -0.2) is 29.5 Å². The van der Waals surface area contributed by atoms with E-state index in [2.05, 4.69) is 0 Å². The first-order valence-electron chi connectivity index (χ1n) is 5.04. The summed E-state index contributed by atoms with van der Waals surface area (Å²) in [5.41, 5.74) is 2.04. The van der Waals surface area contributed by atoms with Gasteiger partial charge in [0.15, 0.2) is 0 Å². The summed E-state index contributed by atoms with van der Waals surface area (Å²) in [6.07, 6.45) is -1.07. The molecule has 0 spiro atoms. The quantitative estimate of drug-likeness (QED) is 0.787. The van der Waals surface area contributed by atoms with E-state index < -0.39 is 12.2 Å². The predicted molar refractivity (Wildman–Crippen MR) is 59.1 cm³/mol. The number of aryl methyl sites for hydroxylation is 1. The first kappa shape index (κ1) is 12.0. The van der Waals surface area contributed by atoms with E-state index in [9.17, 15) is 10.2 Å². The van der Waals surface area contributed by atoms with Gasteiger partial charge in [0.2, 0.25) is 0 Å². The molecule has 2 N–H and O–H groups in total. The Balaban J connectivity index is 2.87. The van der Waals surface area contributed by atoms with Gasteiger partial charge in [-0.2, -0.15) is 0 Å². The molecule has 0 aliphatic heterocycles. The van der Waals surface area contributed by atoms with E-state index in [0.717, 1.165) is 16.9 Å². The maximum Gasteiger partial charge on any atom is 0.122 e. The van der Waals surface area contributed by atoms with E-state index in [1.165, 1.54) is 0 Å². The maximum atomic E-state index is 9.59. The molecular formula is C12H18O3. The van der Waals surface area contributed by atoms with Crippen LogP contribution in [0.1, 0.15) is 18.1 Å². The van der Waals surface area contributed by atoms with Crippen LogP contribution in [0.25, 0.3) is 0 Å². The van der Waals surface area contributed by atoms with Gasteiger partial charge in [0.25, 0.3) is 0 Å². The van der Waals surface area contributed by atoms with Crippen LogP contribution in [0.3, 0.4) is 0 Å². The summed E-state index contributed by atoms with van der Waals surface area (Å²) in [5, 5.41) is 18.8. The van der Waals surface area contributed by atoms with E-state index in [0.29, 0.717) is 6.42 Å². The Morgan fingerprint density at radius 3 is 2.53 bits per heavy atom. The van der Waals surface area contributed by atoms with Crippen molar-refractivity contribution in [1.29, 1.82) is 0 Å². The Morgan fingerprint density at radius 1 is 1.33 bits per heavy atom. The zero-order valence-corrected chi connectivity index (χ0v) is 9.40. The second kappa shape index (κ2) is 5.14. The molecule has 0 saturated heterocycles. The molecule has 0 aliphatic carbocycles. The minimum atomic E-state index is -0.749. The molecule has 0 fully saturated rings. The SMILES string of the molecule is COc1ccc(C)cc1CC(O)C(C)O. The standard InChI is InChI=1S/C12H18O3/c1-8-4-5-12(15-3)10(6-8)7-11(14)9(2)13/h4-6,9,11,13-14H,7H2,1-3H3. The summed E-state index contributed by atoms with van der Waals surface area (Å²) in [4.78, 5) is 0. The Kier molecular flexibility index (Phi) is 4.12. The van der Waals surface area contributed by atoms with Crippen LogP contribution in [0.5, 0.6) is 5.75 Å². The molecule has 0 bridgehead atoms. The monoisotopic (exact) mass is 210 g/mol. The lowest BCUT2D eigenvalue weighted by molar-refractivity contribution is 0.0316. The van der Waals surface area contributed by atoms with Crippen molar-refractivity contribution in [3.05, 3.63) is 29.3 Å². The van der Waals surface area contributed by atoms with Crippen molar-refractivity contribution in [1.82, 2.24) is 0 Å². The summed E-state index contributed by atoms with van der Waals surface area (Å²) in [7, 11) is 1.60. The average Bonchev–Trinajstić information content (AvgIpc) is 2.18. The van der Waals surface area contributed by atoms with Gasteiger partial charge >= 0.3 is 0 Å². The molecule has 0 heterocycles. The fourth-order valence-corrected chi connectivity index (χ4v) is 1.46. The highest BCUT2D eigenvalue weighted by Crippen LogP contribution is 2.21. The minimum Gasteiger partial charge on any atom is -0.496 e. The number of ether oxygens (including phenoxy) is 1. The van der Waals surface area contributed by atoms with Crippen molar-refractivity contribution in [2.45, 2.75) is 32.5 Å². The smallest absolute Gasteiger partial charge is 0.122 e. The Hall–Kier alpha value is -1.06. The lowest BCUT2D eigenvalue weighted by atomic mass is 10.0. The molecule has 3 nitrogen and oxygen atoms in total. The molecular weight excluding hydrogens is 192 g/mol. The molecule has 2 unspecified atom stereocenters. The first-order chi connectivity index (χ1) is 7.04. The fraction of sp³-hybridized carbons (Fsp3) is 0.500. The maximum absolute atomic E-state index is 9.59. The van der Waals surface area contributed by atoms with Crippen LogP contribution in [0.4, 0.5) is 0 Å². The van der Waals surface area contributed by atoms with E-state index >= 15 is 0 Å². The summed E-state index contributed by atoms with van der Waals surface area (Å²) in [6, 6.07) is 5.79. The number of benzene rings is 1. The summed E-state index contributed by atoms with van der Waals surface area (Å²) in [5.74, 6) is 0.750. The van der Waals surface area contributed by atoms with Crippen molar-refractivity contribution in [3.63, 3.8) is 0 Å². The third-order valence-electron chi connectivity index (χ3n) is 2.42. The van der Waals surface area contributed by atoms with Gasteiger partial charge in [0.05, 0.1) is 19.3 Å². The Bertz CT molecular complexity index is 321. The molecule has 15 heavy (non-hydrogen) atoms. The Labute approximate surface area is 90.3 Å². The number of hydrogen-bond acceptors (Lipinski definition) is 3. The number of aliphatic hydroxyl groups is 2. The second-order valence-electron chi connectivity index (χ2n) is 3.83. The highest BCUT2D eigenvalue weighted by Gasteiger charge is 2.14. The zero-order chi connectivity index (χ0) is 11.4. The van der Waals surface area contributed by atoms with Crippen LogP contribution < -0.4 is 4.74 Å². The molecule has 3 heteroatoms. The normalized spacial score (nSPS) is 14.7. The second-order valence-corrected chi connectivity index (χ2v) is 3.83. The number of aliphatic hydroxyl groups excluding tert-OH is 2. The van der Waals surface area contributed by atoms with Gasteiger partial charge in [-0.3, -0.25) is 0 Å². The van der Waals surface area contributed by atoms with Gasteiger partial charge in [0, 0.05) is 6.42 Å². The van der Waals surface area contributed by atoms with Crippen LogP contribution in [0.15, 0.2) is 18.2 Å². The van der Waals surface area contributed by atoms with Crippen LogP contribution in [0.2, 0.25) is 0 Å². The van der Waals surface area contributed by atoms with Crippen molar-refractivity contribution in [3.8, 4) is 5.75 Å². The molecule has 0 saturated carbocycles. The highest BCUT2D eigenvalue weighted by molar-refractivity contribution is 5.37. The Morgan fingerprint density at radius 2 is 2.00 bits per heavy atom. The molecule has 1 rings (SSSR count). The zero-order valence-electron chi connectivity index (χ0n) is 9.40. The van der Waals surface area contributed by atoms with Gasteiger partial charge < -0.3 is 14.9 Å². The summed E-state index contributed by atoms with van der Waals surface area (Å²) in [6.45, 7) is 3.56. The van der Waals surface area contributed by atoms with Crippen molar-refractivity contribution < 1.29 is 14.9 Å². The largest absolute Gasteiger partial charge is 0.496 e. The fourth-order valence-electron chi connectivity index (χ4n) is 1.46. The molecule has 1 aromatic carbocycles. The average molecular weight is 210 g/mol. The molecule has 84 valence electrons. The van der Waals surface area contributed by atoms with Crippen molar-refractivity contribution in [2.75, 3.05) is 7.11 Å². The van der Waals surface area contributed by atoms with Crippen LogP contribution in [0, 0.1) is 6.92 Å². The lowest BCUT2D eigenvalue weighted by Gasteiger charge is -2.16. The van der Waals surface area contributed by atoms with E-state index in [-0.39, 0.29) is 0 Å². The van der Waals surface area contributed by atoms with E-state index in [4.69, 9.17) is 4.74 Å². The lowest BCUT2D eigenvalue weighted by Crippen LogP contribution is -2.25. The van der Waals surface area contributed by atoms with Gasteiger partial charge in [-0.1, -0.05) is 17.7 Å². The minimum absolute atomic E-state index is 0.405. The number of hydrogen-bond donors (Lipinski definition) is 2. The molecule has 0 aliphatic rings. The van der Waals surface area contributed by atoms with Crippen molar-refractivity contribution in [2.24, 2.45) is 0 Å². The first-order valence-corrected chi connectivity index (χ1v) is 5.04. The molecule has 1 aromatic rings. The molecule has 0 radical (unpaired) electrons. The molecule has 0 amide bonds. The highest BCUT2D eigenvalue weighted by atomic mass is 16.5. The van der Waals surface area contributed by atoms with Gasteiger partial charge in [0.1, 0.15) is 5.75 Å². The summed E-state index contributed by atoms with van der Waals surface area (Å²) >= 11 is 0. The van der Waals surface area contributed by atoms with Crippen molar-refractivity contribution >= 4 is 0 Å². The summed E-state index contributed by atoms with van der Waals surface area (Å²) < 4.78 is 5.19. The molecule has 0 aromatic heterocycles. The van der Waals surface area contributed by atoms with Crippen LogP contribution >= 0.6 is 0 Å². The topological polar surface area (TPSA) is 49.7 Å². The van der Waals surface area contributed by atoms with Gasteiger partial charge in [-0.05, 0) is 25.5 Å². The third-order valence-corrected chi connectivity index (χ3v) is 2.42. The number of rotatable bonds is 4. The van der Waals surface area contributed by atoms with Gasteiger partial charge in [-0.15, -0.1) is 0 Å². The predicted octanol–water partition coefficient (Wildman–Crippen LogP) is 1.29.